The number of para-hydroxylation sites is 2. The molecule has 0 aliphatic rings. The van der Waals surface area contributed by atoms with Crippen molar-refractivity contribution in [1.82, 2.24) is 0 Å². The fourth-order valence-corrected chi connectivity index (χ4v) is 1.65. The van der Waals surface area contributed by atoms with Crippen molar-refractivity contribution in [2.24, 2.45) is 5.73 Å². The van der Waals surface area contributed by atoms with Crippen LogP contribution in [0, 0.1) is 0 Å². The molecule has 0 aliphatic heterocycles. The van der Waals surface area contributed by atoms with Gasteiger partial charge in [-0.1, -0.05) is 18.2 Å². The van der Waals surface area contributed by atoms with Gasteiger partial charge in [-0.15, -0.1) is 0 Å². The van der Waals surface area contributed by atoms with Crippen molar-refractivity contribution < 1.29 is 19.4 Å². The predicted molar refractivity (Wildman–Crippen MR) is 77.2 cm³/mol. The highest BCUT2D eigenvalue weighted by Gasteiger charge is 2.07. The summed E-state index contributed by atoms with van der Waals surface area (Å²) in [7, 11) is 0. The number of aromatic hydroxyl groups is 1. The third-order valence-electron chi connectivity index (χ3n) is 2.67. The molecule has 0 radical (unpaired) electrons. The molecule has 2 aromatic rings. The Balaban J connectivity index is 1.94. The van der Waals surface area contributed by atoms with Gasteiger partial charge >= 0.3 is 0 Å². The van der Waals surface area contributed by atoms with E-state index in [4.69, 9.17) is 10.5 Å². The first-order valence-electron chi connectivity index (χ1n) is 6.17. The molecule has 0 saturated carbocycles. The van der Waals surface area contributed by atoms with Gasteiger partial charge in [0.2, 0.25) is 5.91 Å². The van der Waals surface area contributed by atoms with Crippen molar-refractivity contribution in [1.29, 1.82) is 0 Å². The maximum atomic E-state index is 11.7. The van der Waals surface area contributed by atoms with Gasteiger partial charge in [-0.25, -0.2) is 0 Å². The van der Waals surface area contributed by atoms with Crippen molar-refractivity contribution in [3.05, 3.63) is 54.1 Å². The number of anilines is 1. The van der Waals surface area contributed by atoms with Crippen LogP contribution < -0.4 is 15.8 Å². The number of hydrogen-bond donors (Lipinski definition) is 3. The van der Waals surface area contributed by atoms with E-state index in [0.29, 0.717) is 17.0 Å². The number of hydrogen-bond acceptors (Lipinski definition) is 4. The summed E-state index contributed by atoms with van der Waals surface area (Å²) < 4.78 is 5.27. The molecule has 0 heterocycles. The Labute approximate surface area is 121 Å². The van der Waals surface area contributed by atoms with Gasteiger partial charge in [0.25, 0.3) is 5.91 Å². The molecule has 0 aliphatic carbocycles. The molecule has 2 rings (SSSR count). The van der Waals surface area contributed by atoms with Gasteiger partial charge in [0.05, 0.1) is 5.69 Å². The Morgan fingerprint density at radius 1 is 1.14 bits per heavy atom. The molecular weight excluding hydrogens is 272 g/mol. The second-order valence-electron chi connectivity index (χ2n) is 4.25. The summed E-state index contributed by atoms with van der Waals surface area (Å²) >= 11 is 0. The van der Waals surface area contributed by atoms with E-state index < -0.39 is 11.8 Å². The largest absolute Gasteiger partial charge is 0.506 e. The zero-order chi connectivity index (χ0) is 15.2. The zero-order valence-corrected chi connectivity index (χ0v) is 11.1. The summed E-state index contributed by atoms with van der Waals surface area (Å²) in [6.07, 6.45) is 0. The lowest BCUT2D eigenvalue weighted by Gasteiger charge is -2.09. The lowest BCUT2D eigenvalue weighted by molar-refractivity contribution is -0.118. The molecule has 0 saturated heterocycles. The number of nitrogens with one attached hydrogen (secondary N) is 1. The minimum absolute atomic E-state index is 0.0263. The molecule has 0 aromatic heterocycles. The molecule has 6 nitrogen and oxygen atoms in total. The first kappa shape index (κ1) is 14.4. The number of carbonyl (C=O) groups is 2. The molecule has 0 fully saturated rings. The van der Waals surface area contributed by atoms with Gasteiger partial charge in [0, 0.05) is 5.56 Å². The van der Waals surface area contributed by atoms with Crippen LogP contribution in [-0.2, 0) is 4.79 Å². The minimum Gasteiger partial charge on any atom is -0.506 e. The number of nitrogens with two attached hydrogens (primary N) is 1. The van der Waals surface area contributed by atoms with E-state index in [2.05, 4.69) is 5.32 Å². The molecule has 0 unspecified atom stereocenters. The second-order valence-corrected chi connectivity index (χ2v) is 4.25. The molecule has 2 amide bonds. The first-order chi connectivity index (χ1) is 10.1. The Morgan fingerprint density at radius 2 is 1.90 bits per heavy atom. The molecule has 0 bridgehead atoms. The van der Waals surface area contributed by atoms with Gasteiger partial charge in [-0.05, 0) is 30.3 Å². The quantitative estimate of drug-likeness (QED) is 0.725. The summed E-state index contributed by atoms with van der Waals surface area (Å²) in [6, 6.07) is 12.6. The number of amides is 2. The lowest BCUT2D eigenvalue weighted by atomic mass is 10.2. The van der Waals surface area contributed by atoms with Crippen LogP contribution in [0.3, 0.4) is 0 Å². The summed E-state index contributed by atoms with van der Waals surface area (Å²) in [6.45, 7) is -0.253. The number of phenolic OH excluding ortho intramolecular Hbond substituents is 1. The van der Waals surface area contributed by atoms with Crippen LogP contribution in [0.15, 0.2) is 48.5 Å². The van der Waals surface area contributed by atoms with Gasteiger partial charge < -0.3 is 20.9 Å². The number of benzene rings is 2. The first-order valence-corrected chi connectivity index (χ1v) is 6.17. The molecule has 6 heteroatoms. The van der Waals surface area contributed by atoms with Crippen molar-refractivity contribution in [3.63, 3.8) is 0 Å². The summed E-state index contributed by atoms with van der Waals surface area (Å²) in [5.74, 6) is -0.666. The molecule has 0 spiro atoms. The Morgan fingerprint density at radius 3 is 2.62 bits per heavy atom. The summed E-state index contributed by atoms with van der Waals surface area (Å²) in [4.78, 5) is 22.7. The van der Waals surface area contributed by atoms with Gasteiger partial charge in [-0.3, -0.25) is 9.59 Å². The predicted octanol–water partition coefficient (Wildman–Crippen LogP) is 1.51. The summed E-state index contributed by atoms with van der Waals surface area (Å²) in [5.41, 5.74) is 5.76. The molecule has 21 heavy (non-hydrogen) atoms. The van der Waals surface area contributed by atoms with Crippen LogP contribution in [0.1, 0.15) is 10.4 Å². The fourth-order valence-electron chi connectivity index (χ4n) is 1.65. The van der Waals surface area contributed by atoms with E-state index in [-0.39, 0.29) is 12.4 Å². The van der Waals surface area contributed by atoms with Crippen LogP contribution in [0.25, 0.3) is 0 Å². The molecule has 0 atom stereocenters. The van der Waals surface area contributed by atoms with Crippen LogP contribution >= 0.6 is 0 Å². The van der Waals surface area contributed by atoms with Gasteiger partial charge in [0.15, 0.2) is 6.61 Å². The van der Waals surface area contributed by atoms with Crippen LogP contribution in [0.5, 0.6) is 11.5 Å². The average molecular weight is 286 g/mol. The third kappa shape index (κ3) is 3.97. The van der Waals surface area contributed by atoms with Crippen LogP contribution in [-0.4, -0.2) is 23.5 Å². The molecule has 4 N–H and O–H groups in total. The Kier molecular flexibility index (Phi) is 4.40. The van der Waals surface area contributed by atoms with Crippen LogP contribution in [0.4, 0.5) is 5.69 Å². The number of rotatable bonds is 5. The topological polar surface area (TPSA) is 102 Å². The standard InChI is InChI=1S/C15H14N2O4/c16-15(20)10-4-3-5-11(8-10)21-9-14(19)17-12-6-1-2-7-13(12)18/h1-8,18H,9H2,(H2,16,20)(H,17,19). The van der Waals surface area contributed by atoms with Crippen molar-refractivity contribution >= 4 is 17.5 Å². The van der Waals surface area contributed by atoms with E-state index in [0.717, 1.165) is 0 Å². The SMILES string of the molecule is NC(=O)c1cccc(OCC(=O)Nc2ccccc2O)c1. The molecule has 108 valence electrons. The van der Waals surface area contributed by atoms with E-state index in [1.807, 2.05) is 0 Å². The second kappa shape index (κ2) is 6.42. The highest BCUT2D eigenvalue weighted by Crippen LogP contribution is 2.21. The minimum atomic E-state index is -0.570. The van der Waals surface area contributed by atoms with E-state index in [9.17, 15) is 14.7 Å². The van der Waals surface area contributed by atoms with Crippen molar-refractivity contribution in [2.75, 3.05) is 11.9 Å². The number of ether oxygens (including phenoxy) is 1. The zero-order valence-electron chi connectivity index (χ0n) is 11.1. The average Bonchev–Trinajstić information content (AvgIpc) is 2.48. The molecular formula is C15H14N2O4. The normalized spacial score (nSPS) is 9.90. The van der Waals surface area contributed by atoms with E-state index in [1.54, 1.807) is 36.4 Å². The number of phenols is 1. The van der Waals surface area contributed by atoms with Crippen LogP contribution in [0.2, 0.25) is 0 Å². The number of primary amides is 1. The third-order valence-corrected chi connectivity index (χ3v) is 2.67. The smallest absolute Gasteiger partial charge is 0.262 e. The Bertz CT molecular complexity index is 670. The van der Waals surface area contributed by atoms with E-state index in [1.165, 1.54) is 12.1 Å². The monoisotopic (exact) mass is 286 g/mol. The van der Waals surface area contributed by atoms with Crippen molar-refractivity contribution in [2.45, 2.75) is 0 Å². The maximum absolute atomic E-state index is 11.7. The highest BCUT2D eigenvalue weighted by molar-refractivity contribution is 5.94. The Hall–Kier alpha value is -3.02. The summed E-state index contributed by atoms with van der Waals surface area (Å²) in [5, 5.41) is 12.0. The van der Waals surface area contributed by atoms with Gasteiger partial charge in [0.1, 0.15) is 11.5 Å². The fraction of sp³-hybridized carbons (Fsp3) is 0.0667. The van der Waals surface area contributed by atoms with E-state index >= 15 is 0 Å². The molecule has 2 aromatic carbocycles. The lowest BCUT2D eigenvalue weighted by Crippen LogP contribution is -2.20. The van der Waals surface area contributed by atoms with Gasteiger partial charge in [-0.2, -0.15) is 0 Å². The van der Waals surface area contributed by atoms with Crippen molar-refractivity contribution in [3.8, 4) is 11.5 Å². The maximum Gasteiger partial charge on any atom is 0.262 e. The highest BCUT2D eigenvalue weighted by atomic mass is 16.5. The number of carbonyl (C=O) groups excluding carboxylic acids is 2.